The van der Waals surface area contributed by atoms with Crippen molar-refractivity contribution in [3.8, 4) is 0 Å². The summed E-state index contributed by atoms with van der Waals surface area (Å²) in [5.41, 5.74) is 0. The highest BCUT2D eigenvalue weighted by Crippen LogP contribution is 2.28. The molecule has 0 N–H and O–H groups in total. The van der Waals surface area contributed by atoms with Gasteiger partial charge in [-0.2, -0.15) is 0 Å². The van der Waals surface area contributed by atoms with Gasteiger partial charge in [-0.15, -0.1) is 0 Å². The Morgan fingerprint density at radius 3 is 2.56 bits per heavy atom. The van der Waals surface area contributed by atoms with Crippen LogP contribution in [0.15, 0.2) is 16.6 Å². The molecule has 0 saturated carbocycles. The first-order chi connectivity index (χ1) is 4.22. The maximum absolute atomic E-state index is 5.67. The van der Waals surface area contributed by atoms with Crippen LogP contribution in [-0.4, -0.2) is 0 Å². The summed E-state index contributed by atoms with van der Waals surface area (Å²) in [6, 6.07) is 6.24. The van der Waals surface area contributed by atoms with E-state index < -0.39 is 0 Å². The van der Waals surface area contributed by atoms with Gasteiger partial charge in [-0.3, -0.25) is 0 Å². The van der Waals surface area contributed by atoms with Gasteiger partial charge in [-0.05, 0) is 28.1 Å². The first-order valence-electron chi connectivity index (χ1n) is 2.23. The average molecular weight is 225 g/mol. The monoisotopic (exact) mass is 223 g/mol. The van der Waals surface area contributed by atoms with Crippen LogP contribution in [0, 0.1) is 6.07 Å². The lowest BCUT2D eigenvalue weighted by atomic mass is 10.4. The maximum atomic E-state index is 5.67. The minimum Gasteiger partial charge on any atom is -0.0827 e. The van der Waals surface area contributed by atoms with Crippen LogP contribution in [0.25, 0.3) is 0 Å². The zero-order valence-corrected chi connectivity index (χ0v) is 7.39. The van der Waals surface area contributed by atoms with Crippen LogP contribution in [-0.2, 0) is 0 Å². The van der Waals surface area contributed by atoms with Crippen LogP contribution < -0.4 is 0 Å². The number of benzene rings is 1. The smallest absolute Gasteiger partial charge is 0.0740 e. The third kappa shape index (κ3) is 1.60. The molecule has 1 rings (SSSR count). The molecule has 1 aromatic carbocycles. The van der Waals surface area contributed by atoms with E-state index in [0.29, 0.717) is 14.5 Å². The van der Waals surface area contributed by atoms with Crippen molar-refractivity contribution in [3.05, 3.63) is 32.7 Å². The first-order valence-corrected chi connectivity index (χ1v) is 3.78. The van der Waals surface area contributed by atoms with E-state index in [1.807, 2.05) is 0 Å². The molecular weight excluding hydrogens is 223 g/mol. The number of halogens is 3. The average Bonchev–Trinajstić information content (AvgIpc) is 1.83. The van der Waals surface area contributed by atoms with Gasteiger partial charge in [0.1, 0.15) is 0 Å². The largest absolute Gasteiger partial charge is 0.0827 e. The molecule has 1 radical (unpaired) electrons. The zero-order valence-electron chi connectivity index (χ0n) is 4.29. The fraction of sp³-hybridized carbons (Fsp3) is 0. The lowest BCUT2D eigenvalue weighted by Crippen LogP contribution is -1.68. The Morgan fingerprint density at radius 1 is 1.44 bits per heavy atom. The Kier molecular flexibility index (Phi) is 2.39. The molecule has 47 valence electrons. The van der Waals surface area contributed by atoms with Gasteiger partial charge in [0, 0.05) is 4.47 Å². The van der Waals surface area contributed by atoms with E-state index in [1.165, 1.54) is 0 Å². The fourth-order valence-corrected chi connectivity index (χ4v) is 1.16. The molecule has 0 aromatic heterocycles. The van der Waals surface area contributed by atoms with E-state index in [2.05, 4.69) is 22.0 Å². The molecule has 0 fully saturated rings. The van der Waals surface area contributed by atoms with E-state index in [-0.39, 0.29) is 0 Å². The summed E-state index contributed by atoms with van der Waals surface area (Å²) in [7, 11) is 0. The zero-order chi connectivity index (χ0) is 6.85. The SMILES string of the molecule is Clc1cc[c]c(Br)c1Cl. The molecule has 0 aliphatic rings. The van der Waals surface area contributed by atoms with Gasteiger partial charge in [0.05, 0.1) is 10.0 Å². The van der Waals surface area contributed by atoms with Crippen molar-refractivity contribution in [2.75, 3.05) is 0 Å². The molecule has 1 aromatic rings. The van der Waals surface area contributed by atoms with Gasteiger partial charge in [0.15, 0.2) is 0 Å². The van der Waals surface area contributed by atoms with Crippen molar-refractivity contribution < 1.29 is 0 Å². The normalized spacial score (nSPS) is 9.67. The minimum absolute atomic E-state index is 0.513. The summed E-state index contributed by atoms with van der Waals surface area (Å²) in [5.74, 6) is 0. The predicted molar refractivity (Wildman–Crippen MR) is 43.0 cm³/mol. The number of hydrogen-bond donors (Lipinski definition) is 0. The van der Waals surface area contributed by atoms with Crippen molar-refractivity contribution in [2.45, 2.75) is 0 Å². The molecule has 0 nitrogen and oxygen atoms in total. The highest BCUT2D eigenvalue weighted by Gasteiger charge is 1.98. The number of rotatable bonds is 0. The minimum atomic E-state index is 0.513. The molecule has 0 atom stereocenters. The summed E-state index contributed by atoms with van der Waals surface area (Å²) in [4.78, 5) is 0. The number of hydrogen-bond acceptors (Lipinski definition) is 0. The molecule has 0 aliphatic heterocycles. The Hall–Kier alpha value is 0.280. The molecule has 0 bridgehead atoms. The lowest BCUT2D eigenvalue weighted by molar-refractivity contribution is 1.63. The second kappa shape index (κ2) is 2.91. The molecule has 0 aliphatic carbocycles. The third-order valence-corrected chi connectivity index (χ3v) is 2.50. The molecule has 3 heteroatoms. The molecule has 0 saturated heterocycles. The second-order valence-corrected chi connectivity index (χ2v) is 3.03. The summed E-state index contributed by atoms with van der Waals surface area (Å²) in [6.07, 6.45) is 0. The topological polar surface area (TPSA) is 0 Å². The Bertz CT molecular complexity index is 202. The van der Waals surface area contributed by atoms with Crippen molar-refractivity contribution in [1.29, 1.82) is 0 Å². The predicted octanol–water partition coefficient (Wildman–Crippen LogP) is 3.56. The summed E-state index contributed by atoms with van der Waals surface area (Å²) < 4.78 is 0.705. The fourth-order valence-electron chi connectivity index (χ4n) is 0.429. The van der Waals surface area contributed by atoms with Crippen LogP contribution >= 0.6 is 39.1 Å². The van der Waals surface area contributed by atoms with E-state index >= 15 is 0 Å². The van der Waals surface area contributed by atoms with E-state index in [9.17, 15) is 0 Å². The molecule has 0 heterocycles. The molecular formula is C6H2BrCl2. The summed E-state index contributed by atoms with van der Waals surface area (Å²) in [6.45, 7) is 0. The van der Waals surface area contributed by atoms with Gasteiger partial charge in [-0.25, -0.2) is 0 Å². The molecule has 0 amide bonds. The Morgan fingerprint density at radius 2 is 2.11 bits per heavy atom. The van der Waals surface area contributed by atoms with Crippen molar-refractivity contribution in [3.63, 3.8) is 0 Å². The Balaban J connectivity index is 3.25. The first kappa shape index (κ1) is 7.39. The lowest BCUT2D eigenvalue weighted by Gasteiger charge is -1.94. The van der Waals surface area contributed by atoms with Crippen LogP contribution in [0.5, 0.6) is 0 Å². The quantitative estimate of drug-likeness (QED) is 0.592. The van der Waals surface area contributed by atoms with Crippen molar-refractivity contribution in [1.82, 2.24) is 0 Å². The summed E-state index contributed by atoms with van der Waals surface area (Å²) >= 11 is 14.5. The Labute approximate surface area is 71.9 Å². The van der Waals surface area contributed by atoms with Crippen LogP contribution in [0.4, 0.5) is 0 Å². The van der Waals surface area contributed by atoms with Crippen LogP contribution in [0.3, 0.4) is 0 Å². The van der Waals surface area contributed by atoms with Gasteiger partial charge >= 0.3 is 0 Å². The molecule has 0 spiro atoms. The van der Waals surface area contributed by atoms with Crippen molar-refractivity contribution in [2.24, 2.45) is 0 Å². The molecule has 9 heavy (non-hydrogen) atoms. The highest BCUT2D eigenvalue weighted by atomic mass is 79.9. The van der Waals surface area contributed by atoms with Crippen LogP contribution in [0.1, 0.15) is 0 Å². The van der Waals surface area contributed by atoms with Gasteiger partial charge < -0.3 is 0 Å². The van der Waals surface area contributed by atoms with E-state index in [0.717, 1.165) is 0 Å². The van der Waals surface area contributed by atoms with Gasteiger partial charge in [0.2, 0.25) is 0 Å². The van der Waals surface area contributed by atoms with Crippen molar-refractivity contribution >= 4 is 39.1 Å². The molecule has 0 unspecified atom stereocenters. The maximum Gasteiger partial charge on any atom is 0.0740 e. The van der Waals surface area contributed by atoms with E-state index in [4.69, 9.17) is 23.2 Å². The second-order valence-electron chi connectivity index (χ2n) is 1.45. The third-order valence-electron chi connectivity index (χ3n) is 0.842. The summed E-state index contributed by atoms with van der Waals surface area (Å²) in [5, 5.41) is 1.06. The standard InChI is InChI=1S/C6H2BrCl2/c7-4-2-1-3-5(8)6(4)9/h1,3H. The van der Waals surface area contributed by atoms with Gasteiger partial charge in [0.25, 0.3) is 0 Å². The van der Waals surface area contributed by atoms with Gasteiger partial charge in [-0.1, -0.05) is 29.3 Å². The van der Waals surface area contributed by atoms with E-state index in [1.54, 1.807) is 12.1 Å². The highest BCUT2D eigenvalue weighted by molar-refractivity contribution is 9.10. The van der Waals surface area contributed by atoms with Crippen LogP contribution in [0.2, 0.25) is 10.0 Å².